The van der Waals surface area contributed by atoms with E-state index in [1.54, 1.807) is 4.90 Å². The molecule has 5 heteroatoms. The van der Waals surface area contributed by atoms with Crippen LogP contribution in [0.1, 0.15) is 13.8 Å². The van der Waals surface area contributed by atoms with Crippen molar-refractivity contribution in [2.45, 2.75) is 26.1 Å². The van der Waals surface area contributed by atoms with Gasteiger partial charge in [0, 0.05) is 17.6 Å². The van der Waals surface area contributed by atoms with Gasteiger partial charge in [0.05, 0.1) is 17.9 Å². The van der Waals surface area contributed by atoms with Crippen LogP contribution in [-0.4, -0.2) is 36.2 Å². The van der Waals surface area contributed by atoms with Crippen molar-refractivity contribution in [3.05, 3.63) is 28.7 Å². The Balaban J connectivity index is 2.02. The normalized spacial score (nSPS) is 23.8. The Morgan fingerprint density at radius 3 is 2.56 bits per heavy atom. The largest absolute Gasteiger partial charge is 0.372 e. The first-order valence-electron chi connectivity index (χ1n) is 6.02. The average molecular weight is 313 g/mol. The summed E-state index contributed by atoms with van der Waals surface area (Å²) in [5, 5.41) is 2.91. The molecule has 0 spiro atoms. The van der Waals surface area contributed by atoms with Gasteiger partial charge in [-0.1, -0.05) is 12.1 Å². The van der Waals surface area contributed by atoms with Gasteiger partial charge in [-0.3, -0.25) is 0 Å². The molecule has 0 aliphatic carbocycles. The fraction of sp³-hybridized carbons (Fsp3) is 0.462. The zero-order valence-electron chi connectivity index (χ0n) is 10.5. The molecule has 18 heavy (non-hydrogen) atoms. The van der Waals surface area contributed by atoms with E-state index in [0.717, 1.165) is 10.2 Å². The lowest BCUT2D eigenvalue weighted by Gasteiger charge is -2.35. The molecule has 1 fully saturated rings. The number of benzene rings is 1. The van der Waals surface area contributed by atoms with Crippen molar-refractivity contribution in [3.63, 3.8) is 0 Å². The molecule has 98 valence electrons. The number of nitrogens with zero attached hydrogens (tertiary/aromatic N) is 1. The van der Waals surface area contributed by atoms with Crippen LogP contribution in [0.25, 0.3) is 0 Å². The summed E-state index contributed by atoms with van der Waals surface area (Å²) in [4.78, 5) is 13.9. The topological polar surface area (TPSA) is 41.6 Å². The van der Waals surface area contributed by atoms with Crippen molar-refractivity contribution in [2.24, 2.45) is 0 Å². The fourth-order valence-corrected chi connectivity index (χ4v) is 2.48. The van der Waals surface area contributed by atoms with Gasteiger partial charge >= 0.3 is 6.03 Å². The van der Waals surface area contributed by atoms with Gasteiger partial charge < -0.3 is 15.0 Å². The van der Waals surface area contributed by atoms with Crippen LogP contribution in [0.4, 0.5) is 10.5 Å². The average Bonchev–Trinajstić information content (AvgIpc) is 2.31. The van der Waals surface area contributed by atoms with Gasteiger partial charge in [-0.2, -0.15) is 0 Å². The molecule has 0 aromatic heterocycles. The lowest BCUT2D eigenvalue weighted by Crippen LogP contribution is -2.49. The minimum atomic E-state index is -0.0797. The first-order chi connectivity index (χ1) is 8.56. The fourth-order valence-electron chi connectivity index (χ4n) is 2.10. The summed E-state index contributed by atoms with van der Waals surface area (Å²) >= 11 is 3.41. The number of hydrogen-bond donors (Lipinski definition) is 1. The van der Waals surface area contributed by atoms with E-state index in [4.69, 9.17) is 4.74 Å². The predicted octanol–water partition coefficient (Wildman–Crippen LogP) is 3.09. The number of ether oxygens (including phenoxy) is 1. The number of hydrogen-bond acceptors (Lipinski definition) is 2. The van der Waals surface area contributed by atoms with Crippen LogP contribution in [0.2, 0.25) is 0 Å². The Morgan fingerprint density at radius 2 is 1.94 bits per heavy atom. The molecule has 0 saturated carbocycles. The Kier molecular flexibility index (Phi) is 4.24. The van der Waals surface area contributed by atoms with Gasteiger partial charge in [-0.25, -0.2) is 4.79 Å². The van der Waals surface area contributed by atoms with Crippen LogP contribution in [0.15, 0.2) is 28.7 Å². The van der Waals surface area contributed by atoms with Gasteiger partial charge in [0.1, 0.15) is 0 Å². The summed E-state index contributed by atoms with van der Waals surface area (Å²) in [6.07, 6.45) is 0.164. The molecular weight excluding hydrogens is 296 g/mol. The Bertz CT molecular complexity index is 429. The molecule has 1 N–H and O–H groups in total. The number of halogens is 1. The summed E-state index contributed by atoms with van der Waals surface area (Å²) in [5.41, 5.74) is 0.786. The molecule has 2 rings (SSSR count). The Hall–Kier alpha value is -1.07. The number of carbonyl (C=O) groups excluding carboxylic acids is 1. The van der Waals surface area contributed by atoms with Crippen LogP contribution in [0, 0.1) is 0 Å². The van der Waals surface area contributed by atoms with Crippen LogP contribution < -0.4 is 5.32 Å². The number of amides is 2. The second-order valence-electron chi connectivity index (χ2n) is 4.57. The number of rotatable bonds is 1. The third-order valence-corrected chi connectivity index (χ3v) is 3.51. The van der Waals surface area contributed by atoms with E-state index >= 15 is 0 Å². The van der Waals surface area contributed by atoms with Crippen molar-refractivity contribution in [1.82, 2.24) is 4.90 Å². The molecule has 2 atom stereocenters. The third kappa shape index (κ3) is 3.23. The SMILES string of the molecule is CC1CN(C(=O)Nc2ccccc2Br)CC(C)O1. The molecule has 1 saturated heterocycles. The highest BCUT2D eigenvalue weighted by Crippen LogP contribution is 2.22. The molecule has 0 bridgehead atoms. The molecule has 1 aliphatic rings. The quantitative estimate of drug-likeness (QED) is 0.865. The van der Waals surface area contributed by atoms with E-state index in [9.17, 15) is 4.79 Å². The van der Waals surface area contributed by atoms with E-state index in [0.29, 0.717) is 13.1 Å². The van der Waals surface area contributed by atoms with Crippen molar-refractivity contribution in [1.29, 1.82) is 0 Å². The van der Waals surface area contributed by atoms with E-state index in [2.05, 4.69) is 21.2 Å². The van der Waals surface area contributed by atoms with Crippen molar-refractivity contribution < 1.29 is 9.53 Å². The van der Waals surface area contributed by atoms with E-state index in [1.165, 1.54) is 0 Å². The van der Waals surface area contributed by atoms with Crippen molar-refractivity contribution in [3.8, 4) is 0 Å². The lowest BCUT2D eigenvalue weighted by molar-refractivity contribution is -0.0530. The van der Waals surface area contributed by atoms with E-state index in [1.807, 2.05) is 38.1 Å². The molecular formula is C13H17BrN2O2. The summed E-state index contributed by atoms with van der Waals surface area (Å²) in [5.74, 6) is 0. The van der Waals surface area contributed by atoms with E-state index < -0.39 is 0 Å². The lowest BCUT2D eigenvalue weighted by atomic mass is 10.2. The number of carbonyl (C=O) groups is 1. The van der Waals surface area contributed by atoms with E-state index in [-0.39, 0.29) is 18.2 Å². The van der Waals surface area contributed by atoms with Gasteiger partial charge in [0.2, 0.25) is 0 Å². The highest BCUT2D eigenvalue weighted by Gasteiger charge is 2.25. The standard InChI is InChI=1S/C13H17BrN2O2/c1-9-7-16(8-10(2)18-9)13(17)15-12-6-4-3-5-11(12)14/h3-6,9-10H,7-8H2,1-2H3,(H,15,17). The summed E-state index contributed by atoms with van der Waals surface area (Å²) in [7, 11) is 0. The van der Waals surface area contributed by atoms with Crippen LogP contribution in [0.3, 0.4) is 0 Å². The predicted molar refractivity (Wildman–Crippen MR) is 74.7 cm³/mol. The molecule has 4 nitrogen and oxygen atoms in total. The number of morpholine rings is 1. The molecule has 1 aromatic rings. The maximum absolute atomic E-state index is 12.1. The summed E-state index contributed by atoms with van der Waals surface area (Å²) < 4.78 is 6.49. The first kappa shape index (κ1) is 13.4. The number of anilines is 1. The van der Waals surface area contributed by atoms with Gasteiger partial charge in [-0.05, 0) is 41.9 Å². The van der Waals surface area contributed by atoms with Crippen LogP contribution in [0.5, 0.6) is 0 Å². The highest BCUT2D eigenvalue weighted by atomic mass is 79.9. The third-order valence-electron chi connectivity index (χ3n) is 2.82. The second kappa shape index (κ2) is 5.71. The number of urea groups is 1. The summed E-state index contributed by atoms with van der Waals surface area (Å²) in [6.45, 7) is 5.21. The Labute approximate surface area is 115 Å². The van der Waals surface area contributed by atoms with Gasteiger partial charge in [0.15, 0.2) is 0 Å². The molecule has 0 radical (unpaired) electrons. The first-order valence-corrected chi connectivity index (χ1v) is 6.81. The molecule has 1 aromatic carbocycles. The summed E-state index contributed by atoms with van der Waals surface area (Å²) in [6, 6.07) is 7.50. The maximum Gasteiger partial charge on any atom is 0.322 e. The van der Waals surface area contributed by atoms with Gasteiger partial charge in [0.25, 0.3) is 0 Å². The zero-order chi connectivity index (χ0) is 13.1. The van der Waals surface area contributed by atoms with Crippen LogP contribution in [-0.2, 0) is 4.74 Å². The monoisotopic (exact) mass is 312 g/mol. The second-order valence-corrected chi connectivity index (χ2v) is 5.43. The maximum atomic E-state index is 12.1. The highest BCUT2D eigenvalue weighted by molar-refractivity contribution is 9.10. The minimum absolute atomic E-state index is 0.0797. The van der Waals surface area contributed by atoms with Gasteiger partial charge in [-0.15, -0.1) is 0 Å². The van der Waals surface area contributed by atoms with Crippen LogP contribution >= 0.6 is 15.9 Å². The van der Waals surface area contributed by atoms with Crippen molar-refractivity contribution in [2.75, 3.05) is 18.4 Å². The van der Waals surface area contributed by atoms with Crippen molar-refractivity contribution >= 4 is 27.6 Å². The number of nitrogens with one attached hydrogen (secondary N) is 1. The molecule has 1 heterocycles. The number of para-hydroxylation sites is 1. The molecule has 2 unspecified atom stereocenters. The molecule has 1 aliphatic heterocycles. The zero-order valence-corrected chi connectivity index (χ0v) is 12.1. The molecule has 2 amide bonds. The minimum Gasteiger partial charge on any atom is -0.372 e. The smallest absolute Gasteiger partial charge is 0.322 e. The Morgan fingerprint density at radius 1 is 1.33 bits per heavy atom.